The van der Waals surface area contributed by atoms with Crippen molar-refractivity contribution in [2.24, 2.45) is 0 Å². The first kappa shape index (κ1) is 16.0. The molecule has 2 rings (SSSR count). The Balaban J connectivity index is 2.20. The molecule has 1 aliphatic heterocycles. The summed E-state index contributed by atoms with van der Waals surface area (Å²) >= 11 is 0. The molecule has 1 saturated heterocycles. The first-order valence-corrected chi connectivity index (χ1v) is 8.05. The Morgan fingerprint density at radius 2 is 2.05 bits per heavy atom. The number of hydrogen-bond donors (Lipinski definition) is 1. The minimum absolute atomic E-state index is 0.0108. The smallest absolute Gasteiger partial charge is 0.254 e. The molecule has 0 bridgehead atoms. The van der Waals surface area contributed by atoms with Gasteiger partial charge in [-0.05, 0) is 36.4 Å². The normalized spacial score (nSPS) is 19.6. The number of carbonyl (C=O) groups is 1. The lowest BCUT2D eigenvalue weighted by Gasteiger charge is -2.34. The van der Waals surface area contributed by atoms with Crippen LogP contribution in [0, 0.1) is 0 Å². The Kier molecular flexibility index (Phi) is 5.04. The summed E-state index contributed by atoms with van der Waals surface area (Å²) in [5.41, 5.74) is 1.99. The van der Waals surface area contributed by atoms with Crippen LogP contribution in [0.15, 0.2) is 24.3 Å². The number of hydrogen-bond acceptors (Lipinski definition) is 2. The number of carbonyl (C=O) groups excluding carboxylic acids is 1. The van der Waals surface area contributed by atoms with Crippen LogP contribution in [0.1, 0.15) is 56.5 Å². The maximum atomic E-state index is 12.9. The quantitative estimate of drug-likeness (QED) is 0.926. The number of likely N-dealkylation sites (tertiary alicyclic amines) is 1. The third-order valence-corrected chi connectivity index (χ3v) is 4.17. The summed E-state index contributed by atoms with van der Waals surface area (Å²) in [6.45, 7) is 11.3. The van der Waals surface area contributed by atoms with E-state index in [1.807, 2.05) is 23.1 Å². The first-order valence-electron chi connectivity index (χ1n) is 8.05. The number of nitrogens with one attached hydrogen (secondary N) is 1. The van der Waals surface area contributed by atoms with Crippen molar-refractivity contribution < 1.29 is 4.79 Å². The van der Waals surface area contributed by atoms with Gasteiger partial charge in [-0.1, -0.05) is 45.9 Å². The zero-order chi connectivity index (χ0) is 15.5. The van der Waals surface area contributed by atoms with E-state index in [0.717, 1.165) is 37.2 Å². The standard InChI is InChI=1S/C18H28N2O/c1-5-19-14-9-8-12-20(13-14)17(21)15-10-6-7-11-16(15)18(2,3)4/h6-7,10-11,14,19H,5,8-9,12-13H2,1-4H3. The monoisotopic (exact) mass is 288 g/mol. The van der Waals surface area contributed by atoms with Crippen LogP contribution in [0.25, 0.3) is 0 Å². The van der Waals surface area contributed by atoms with Crippen molar-refractivity contribution >= 4 is 5.91 Å². The summed E-state index contributed by atoms with van der Waals surface area (Å²) in [5, 5.41) is 3.47. The average Bonchev–Trinajstić information content (AvgIpc) is 2.46. The fourth-order valence-corrected chi connectivity index (χ4v) is 3.11. The van der Waals surface area contributed by atoms with Gasteiger partial charge in [-0.3, -0.25) is 4.79 Å². The molecule has 0 spiro atoms. The summed E-state index contributed by atoms with van der Waals surface area (Å²) < 4.78 is 0. The van der Waals surface area contributed by atoms with Gasteiger partial charge in [-0.15, -0.1) is 0 Å². The third-order valence-electron chi connectivity index (χ3n) is 4.17. The zero-order valence-electron chi connectivity index (χ0n) is 13.8. The molecule has 0 aromatic heterocycles. The summed E-state index contributed by atoms with van der Waals surface area (Å²) in [6, 6.07) is 8.48. The van der Waals surface area contributed by atoms with Crippen LogP contribution >= 0.6 is 0 Å². The number of rotatable bonds is 3. The molecule has 3 heteroatoms. The van der Waals surface area contributed by atoms with Crippen LogP contribution in [0.4, 0.5) is 0 Å². The molecule has 1 aromatic rings. The largest absolute Gasteiger partial charge is 0.337 e. The van der Waals surface area contributed by atoms with Gasteiger partial charge >= 0.3 is 0 Å². The lowest BCUT2D eigenvalue weighted by Crippen LogP contribution is -2.48. The second-order valence-electron chi connectivity index (χ2n) is 6.94. The van der Waals surface area contributed by atoms with Gasteiger partial charge in [0.1, 0.15) is 0 Å². The summed E-state index contributed by atoms with van der Waals surface area (Å²) in [6.07, 6.45) is 2.25. The molecule has 3 nitrogen and oxygen atoms in total. The lowest BCUT2D eigenvalue weighted by molar-refractivity contribution is 0.0693. The highest BCUT2D eigenvalue weighted by atomic mass is 16.2. The zero-order valence-corrected chi connectivity index (χ0v) is 13.8. The Morgan fingerprint density at radius 1 is 1.33 bits per heavy atom. The summed E-state index contributed by atoms with van der Waals surface area (Å²) in [4.78, 5) is 14.9. The Hall–Kier alpha value is -1.35. The first-order chi connectivity index (χ1) is 9.93. The van der Waals surface area contributed by atoms with Crippen molar-refractivity contribution in [3.05, 3.63) is 35.4 Å². The molecule has 1 heterocycles. The predicted molar refractivity (Wildman–Crippen MR) is 87.7 cm³/mol. The summed E-state index contributed by atoms with van der Waals surface area (Å²) in [5.74, 6) is 0.183. The summed E-state index contributed by atoms with van der Waals surface area (Å²) in [7, 11) is 0. The van der Waals surface area contributed by atoms with E-state index in [9.17, 15) is 4.79 Å². The molecular weight excluding hydrogens is 260 g/mol. The topological polar surface area (TPSA) is 32.3 Å². The van der Waals surface area contributed by atoms with E-state index in [1.165, 1.54) is 6.42 Å². The Bertz CT molecular complexity index is 488. The number of nitrogens with zero attached hydrogens (tertiary/aromatic N) is 1. The molecule has 1 aliphatic rings. The van der Waals surface area contributed by atoms with Crippen molar-refractivity contribution in [1.82, 2.24) is 10.2 Å². The van der Waals surface area contributed by atoms with Gasteiger partial charge in [0, 0.05) is 24.7 Å². The van der Waals surface area contributed by atoms with Crippen LogP contribution < -0.4 is 5.32 Å². The molecule has 0 aliphatic carbocycles. The van der Waals surface area contributed by atoms with E-state index in [4.69, 9.17) is 0 Å². The van der Waals surface area contributed by atoms with Gasteiger partial charge in [0.15, 0.2) is 0 Å². The lowest BCUT2D eigenvalue weighted by atomic mass is 9.83. The van der Waals surface area contributed by atoms with Gasteiger partial charge in [-0.25, -0.2) is 0 Å². The van der Waals surface area contributed by atoms with E-state index in [2.05, 4.69) is 39.1 Å². The van der Waals surface area contributed by atoms with Gasteiger partial charge in [0.2, 0.25) is 0 Å². The number of piperidine rings is 1. The van der Waals surface area contributed by atoms with Crippen LogP contribution in [-0.4, -0.2) is 36.5 Å². The van der Waals surface area contributed by atoms with Gasteiger partial charge < -0.3 is 10.2 Å². The highest BCUT2D eigenvalue weighted by molar-refractivity contribution is 5.96. The number of amides is 1. The highest BCUT2D eigenvalue weighted by Gasteiger charge is 2.27. The second-order valence-corrected chi connectivity index (χ2v) is 6.94. The molecule has 0 saturated carbocycles. The van der Waals surface area contributed by atoms with E-state index in [-0.39, 0.29) is 11.3 Å². The Morgan fingerprint density at radius 3 is 2.71 bits per heavy atom. The van der Waals surface area contributed by atoms with Crippen LogP contribution in [0.5, 0.6) is 0 Å². The molecule has 21 heavy (non-hydrogen) atoms. The molecule has 1 aromatic carbocycles. The minimum atomic E-state index is -0.0108. The van der Waals surface area contributed by atoms with Crippen molar-refractivity contribution in [3.63, 3.8) is 0 Å². The SMILES string of the molecule is CCNC1CCCN(C(=O)c2ccccc2C(C)(C)C)C1. The maximum absolute atomic E-state index is 12.9. The third kappa shape index (κ3) is 3.85. The maximum Gasteiger partial charge on any atom is 0.254 e. The molecule has 1 unspecified atom stereocenters. The van der Waals surface area contributed by atoms with Crippen LogP contribution in [-0.2, 0) is 5.41 Å². The van der Waals surface area contributed by atoms with Gasteiger partial charge in [0.05, 0.1) is 0 Å². The second kappa shape index (κ2) is 6.61. The average molecular weight is 288 g/mol. The predicted octanol–water partition coefficient (Wildman–Crippen LogP) is 3.20. The molecule has 0 radical (unpaired) electrons. The van der Waals surface area contributed by atoms with Crippen molar-refractivity contribution in [2.75, 3.05) is 19.6 Å². The molecule has 1 N–H and O–H groups in total. The van der Waals surface area contributed by atoms with E-state index >= 15 is 0 Å². The number of benzene rings is 1. The molecule has 1 fully saturated rings. The van der Waals surface area contributed by atoms with E-state index in [1.54, 1.807) is 0 Å². The fraction of sp³-hybridized carbons (Fsp3) is 0.611. The van der Waals surface area contributed by atoms with Gasteiger partial charge in [-0.2, -0.15) is 0 Å². The molecule has 1 atom stereocenters. The van der Waals surface area contributed by atoms with E-state index < -0.39 is 0 Å². The van der Waals surface area contributed by atoms with Crippen molar-refractivity contribution in [3.8, 4) is 0 Å². The van der Waals surface area contributed by atoms with E-state index in [0.29, 0.717) is 6.04 Å². The van der Waals surface area contributed by atoms with Gasteiger partial charge in [0.25, 0.3) is 5.91 Å². The molecule has 116 valence electrons. The fourth-order valence-electron chi connectivity index (χ4n) is 3.11. The number of likely N-dealkylation sites (N-methyl/N-ethyl adjacent to an activating group) is 1. The van der Waals surface area contributed by atoms with Crippen LogP contribution in [0.2, 0.25) is 0 Å². The Labute approximate surface area is 128 Å². The molecular formula is C18H28N2O. The van der Waals surface area contributed by atoms with Crippen LogP contribution in [0.3, 0.4) is 0 Å². The molecule has 1 amide bonds. The van der Waals surface area contributed by atoms with Crippen molar-refractivity contribution in [2.45, 2.75) is 52.0 Å². The van der Waals surface area contributed by atoms with Crippen molar-refractivity contribution in [1.29, 1.82) is 0 Å². The highest BCUT2D eigenvalue weighted by Crippen LogP contribution is 2.27. The minimum Gasteiger partial charge on any atom is -0.337 e.